The highest BCUT2D eigenvalue weighted by Crippen LogP contribution is 2.27. The quantitative estimate of drug-likeness (QED) is 0.796. The van der Waals surface area contributed by atoms with Crippen molar-refractivity contribution in [2.75, 3.05) is 19.6 Å². The summed E-state index contributed by atoms with van der Waals surface area (Å²) in [6.45, 7) is 3.65. The van der Waals surface area contributed by atoms with Crippen molar-refractivity contribution in [1.29, 1.82) is 0 Å². The van der Waals surface area contributed by atoms with E-state index in [4.69, 9.17) is 11.6 Å². The van der Waals surface area contributed by atoms with Crippen molar-refractivity contribution in [3.63, 3.8) is 0 Å². The Labute approximate surface area is 146 Å². The molecule has 10 heteroatoms. The average Bonchev–Trinajstić information content (AvgIpc) is 2.55. The smallest absolute Gasteiger partial charge is 0.211 e. The van der Waals surface area contributed by atoms with Gasteiger partial charge < -0.3 is 0 Å². The van der Waals surface area contributed by atoms with E-state index in [0.717, 1.165) is 21.8 Å². The molecule has 0 aliphatic carbocycles. The molecule has 2 rings (SSSR count). The Balaban J connectivity index is 2.16. The van der Waals surface area contributed by atoms with Crippen LogP contribution in [0, 0.1) is 11.7 Å². The molecule has 1 fully saturated rings. The fourth-order valence-corrected chi connectivity index (χ4v) is 4.99. The number of benzene rings is 1. The molecule has 1 heterocycles. The number of hydrogen-bond donors (Lipinski definition) is 1. The second kappa shape index (κ2) is 7.49. The van der Waals surface area contributed by atoms with Crippen molar-refractivity contribution >= 4 is 31.6 Å². The van der Waals surface area contributed by atoms with E-state index in [1.807, 2.05) is 0 Å². The van der Waals surface area contributed by atoms with Gasteiger partial charge in [0.15, 0.2) is 0 Å². The number of hydrogen-bond acceptors (Lipinski definition) is 4. The van der Waals surface area contributed by atoms with Crippen LogP contribution in [0.2, 0.25) is 5.02 Å². The molecule has 0 saturated carbocycles. The average molecular weight is 397 g/mol. The van der Waals surface area contributed by atoms with E-state index in [0.29, 0.717) is 12.8 Å². The number of nitrogens with zero attached hydrogens (tertiary/aromatic N) is 1. The summed E-state index contributed by atoms with van der Waals surface area (Å²) in [5, 5.41) is 0.924. The third-order valence-corrected chi connectivity index (χ3v) is 6.91. The Morgan fingerprint density at radius 2 is 2.08 bits per heavy atom. The molecule has 1 aromatic rings. The van der Waals surface area contributed by atoms with Gasteiger partial charge in [0, 0.05) is 30.1 Å². The van der Waals surface area contributed by atoms with E-state index in [1.165, 1.54) is 6.07 Å². The van der Waals surface area contributed by atoms with Gasteiger partial charge in [0.05, 0.1) is 0 Å². The minimum absolute atomic E-state index is 0.0956. The van der Waals surface area contributed by atoms with E-state index in [-0.39, 0.29) is 30.6 Å². The van der Waals surface area contributed by atoms with E-state index in [1.54, 1.807) is 0 Å². The number of nitrogens with one attached hydrogen (secondary N) is 1. The lowest BCUT2D eigenvalue weighted by atomic mass is 10.0. The zero-order valence-corrected chi connectivity index (χ0v) is 15.2. The van der Waals surface area contributed by atoms with Crippen molar-refractivity contribution in [2.24, 2.45) is 5.92 Å². The number of piperidine rings is 1. The minimum atomic E-state index is -4.03. The first-order valence-corrected chi connectivity index (χ1v) is 10.6. The number of rotatable bonds is 6. The normalized spacial score (nSPS) is 20.0. The fraction of sp³-hybridized carbons (Fsp3) is 0.429. The molecule has 0 bridgehead atoms. The molecular formula is C14H18ClFN2O4S2. The van der Waals surface area contributed by atoms with Crippen LogP contribution in [0.25, 0.3) is 0 Å². The lowest BCUT2D eigenvalue weighted by Crippen LogP contribution is -2.43. The van der Waals surface area contributed by atoms with E-state index in [9.17, 15) is 21.2 Å². The van der Waals surface area contributed by atoms with Crippen molar-refractivity contribution in [2.45, 2.75) is 17.7 Å². The molecule has 1 aliphatic rings. The van der Waals surface area contributed by atoms with Gasteiger partial charge in [-0.15, -0.1) is 0 Å². The van der Waals surface area contributed by atoms with Crippen LogP contribution in [0.4, 0.5) is 4.39 Å². The van der Waals surface area contributed by atoms with Crippen molar-refractivity contribution < 1.29 is 21.2 Å². The molecular weight excluding hydrogens is 379 g/mol. The van der Waals surface area contributed by atoms with Crippen LogP contribution in [-0.4, -0.2) is 40.8 Å². The van der Waals surface area contributed by atoms with Gasteiger partial charge in [-0.05, 0) is 37.0 Å². The zero-order chi connectivity index (χ0) is 18.0. The van der Waals surface area contributed by atoms with Crippen LogP contribution < -0.4 is 4.72 Å². The molecule has 6 nitrogen and oxygen atoms in total. The molecule has 1 saturated heterocycles. The molecule has 0 unspecified atom stereocenters. The highest BCUT2D eigenvalue weighted by Gasteiger charge is 2.32. The van der Waals surface area contributed by atoms with Crippen molar-refractivity contribution in [1.82, 2.24) is 9.03 Å². The van der Waals surface area contributed by atoms with E-state index in [2.05, 4.69) is 11.3 Å². The summed E-state index contributed by atoms with van der Waals surface area (Å²) in [6.07, 6.45) is 1.23. The fourth-order valence-electron chi connectivity index (χ4n) is 2.52. The highest BCUT2D eigenvalue weighted by molar-refractivity contribution is 7.92. The molecule has 24 heavy (non-hydrogen) atoms. The van der Waals surface area contributed by atoms with E-state index >= 15 is 0 Å². The predicted molar refractivity (Wildman–Crippen MR) is 90.0 cm³/mol. The summed E-state index contributed by atoms with van der Waals surface area (Å²) in [5.74, 6) is -1.07. The molecule has 0 radical (unpaired) electrons. The predicted octanol–water partition coefficient (Wildman–Crippen LogP) is 1.94. The third kappa shape index (κ3) is 4.54. The second-order valence-corrected chi connectivity index (χ2v) is 9.56. The summed E-state index contributed by atoms with van der Waals surface area (Å²) in [6, 6.07) is 3.37. The Bertz CT molecular complexity index is 827. The maximum Gasteiger partial charge on any atom is 0.246 e. The van der Waals surface area contributed by atoms with Gasteiger partial charge >= 0.3 is 0 Å². The number of halogens is 2. The maximum atomic E-state index is 13.9. The maximum absolute atomic E-state index is 13.9. The van der Waals surface area contributed by atoms with Crippen molar-refractivity contribution in [3.05, 3.63) is 41.0 Å². The summed E-state index contributed by atoms with van der Waals surface area (Å²) in [7, 11) is -7.60. The monoisotopic (exact) mass is 396 g/mol. The molecule has 0 spiro atoms. The van der Waals surface area contributed by atoms with Gasteiger partial charge in [-0.25, -0.2) is 25.9 Å². The van der Waals surface area contributed by atoms with Gasteiger partial charge in [-0.2, -0.15) is 4.31 Å². The molecule has 1 aromatic carbocycles. The Morgan fingerprint density at radius 3 is 2.75 bits per heavy atom. The lowest BCUT2D eigenvalue weighted by molar-refractivity contribution is 0.266. The Kier molecular flexibility index (Phi) is 6.03. The highest BCUT2D eigenvalue weighted by atomic mass is 35.5. The second-order valence-electron chi connectivity index (χ2n) is 5.51. The first kappa shape index (κ1) is 19.3. The SMILES string of the molecule is C=CS(=O)(=O)NC[C@H]1CCCN(S(=O)(=O)c2cc(Cl)ccc2F)C1. The largest absolute Gasteiger partial charge is 0.246 e. The Morgan fingerprint density at radius 1 is 1.38 bits per heavy atom. The van der Waals surface area contributed by atoms with Gasteiger partial charge in [-0.3, -0.25) is 0 Å². The molecule has 1 aliphatic heterocycles. The van der Waals surface area contributed by atoms with Gasteiger partial charge in [0.1, 0.15) is 10.7 Å². The zero-order valence-electron chi connectivity index (χ0n) is 12.8. The standard InChI is InChI=1S/C14H18ClFN2O4S2/c1-2-23(19,20)17-9-11-4-3-7-18(10-11)24(21,22)14-8-12(15)5-6-13(14)16/h2,5-6,8,11,17H,1,3-4,7,9-10H2/t11-/m1/s1. The van der Waals surface area contributed by atoms with Crippen LogP contribution in [0.1, 0.15) is 12.8 Å². The summed E-state index contributed by atoms with van der Waals surface area (Å²) in [5.41, 5.74) is 0. The van der Waals surface area contributed by atoms with Gasteiger partial charge in [0.2, 0.25) is 20.0 Å². The molecule has 1 atom stereocenters. The van der Waals surface area contributed by atoms with Crippen LogP contribution in [0.3, 0.4) is 0 Å². The van der Waals surface area contributed by atoms with Crippen molar-refractivity contribution in [3.8, 4) is 0 Å². The van der Waals surface area contributed by atoms with Gasteiger partial charge in [0.25, 0.3) is 0 Å². The Hall–Kier alpha value is -1.00. The first-order chi connectivity index (χ1) is 11.2. The minimum Gasteiger partial charge on any atom is -0.211 e. The molecule has 0 aromatic heterocycles. The molecule has 134 valence electrons. The summed E-state index contributed by atoms with van der Waals surface area (Å²) in [4.78, 5) is -0.470. The number of sulfonamides is 2. The van der Waals surface area contributed by atoms with Crippen LogP contribution in [-0.2, 0) is 20.0 Å². The van der Waals surface area contributed by atoms with Crippen LogP contribution >= 0.6 is 11.6 Å². The first-order valence-electron chi connectivity index (χ1n) is 7.23. The third-order valence-electron chi connectivity index (χ3n) is 3.79. The van der Waals surface area contributed by atoms with Crippen LogP contribution in [0.15, 0.2) is 35.1 Å². The topological polar surface area (TPSA) is 83.6 Å². The summed E-state index contributed by atoms with van der Waals surface area (Å²) >= 11 is 5.77. The molecule has 1 N–H and O–H groups in total. The summed E-state index contributed by atoms with van der Waals surface area (Å²) < 4.78 is 65.5. The van der Waals surface area contributed by atoms with E-state index < -0.39 is 30.8 Å². The molecule has 0 amide bonds. The van der Waals surface area contributed by atoms with Crippen LogP contribution in [0.5, 0.6) is 0 Å². The lowest BCUT2D eigenvalue weighted by Gasteiger charge is -2.32. The van der Waals surface area contributed by atoms with Gasteiger partial charge in [-0.1, -0.05) is 18.2 Å².